The second kappa shape index (κ2) is 4.33. The van der Waals surface area contributed by atoms with Gasteiger partial charge in [0.2, 0.25) is 5.88 Å². The molecule has 1 aromatic heterocycles. The molecule has 0 aromatic carbocycles. The van der Waals surface area contributed by atoms with Gasteiger partial charge in [-0.3, -0.25) is 0 Å². The number of carbonyl (C=O) groups excluding carboxylic acids is 1. The van der Waals surface area contributed by atoms with Crippen LogP contribution < -0.4 is 4.74 Å². The molecule has 84 valence electrons. The van der Waals surface area contributed by atoms with Crippen LogP contribution in [0.15, 0.2) is 12.3 Å². The first-order valence-corrected chi connectivity index (χ1v) is 4.84. The summed E-state index contributed by atoms with van der Waals surface area (Å²) in [4.78, 5) is 11.5. The number of hydrogen-bond donors (Lipinski definition) is 0. The first kappa shape index (κ1) is 11.6. The highest BCUT2D eigenvalue weighted by Gasteiger charge is 2.18. The van der Waals surface area contributed by atoms with Gasteiger partial charge >= 0.3 is 6.09 Å². The Morgan fingerprint density at radius 3 is 2.73 bits per heavy atom. The van der Waals surface area contributed by atoms with E-state index in [2.05, 4.69) is 5.10 Å². The van der Waals surface area contributed by atoms with Gasteiger partial charge in [0.25, 0.3) is 0 Å². The number of nitrogens with zero attached hydrogens (tertiary/aromatic N) is 2. The second-order valence-corrected chi connectivity index (χ2v) is 4.01. The fraction of sp³-hybridized carbons (Fsp3) is 0.600. The summed E-state index contributed by atoms with van der Waals surface area (Å²) in [5.74, 6) is 0.420. The molecule has 1 rings (SSSR count). The molecule has 0 saturated carbocycles. The molecule has 0 unspecified atom stereocenters. The Labute approximate surface area is 89.0 Å². The Morgan fingerprint density at radius 1 is 1.53 bits per heavy atom. The van der Waals surface area contributed by atoms with Crippen LogP contribution >= 0.6 is 0 Å². The quantitative estimate of drug-likeness (QED) is 0.753. The van der Waals surface area contributed by atoms with E-state index in [-0.39, 0.29) is 0 Å². The van der Waals surface area contributed by atoms with E-state index in [1.807, 2.05) is 6.92 Å². The molecule has 0 atom stereocenters. The van der Waals surface area contributed by atoms with Crippen LogP contribution in [0.25, 0.3) is 0 Å². The fourth-order valence-corrected chi connectivity index (χ4v) is 0.942. The highest BCUT2D eigenvalue weighted by Crippen LogP contribution is 2.10. The van der Waals surface area contributed by atoms with E-state index in [1.54, 1.807) is 26.8 Å². The summed E-state index contributed by atoms with van der Waals surface area (Å²) < 4.78 is 11.4. The molecule has 0 radical (unpaired) electrons. The minimum atomic E-state index is -0.519. The van der Waals surface area contributed by atoms with E-state index < -0.39 is 11.7 Å². The third-order valence-corrected chi connectivity index (χ3v) is 1.44. The number of hydrogen-bond acceptors (Lipinski definition) is 4. The van der Waals surface area contributed by atoms with Crippen LogP contribution in [0, 0.1) is 0 Å². The lowest BCUT2D eigenvalue weighted by Gasteiger charge is -2.18. The molecule has 5 nitrogen and oxygen atoms in total. The van der Waals surface area contributed by atoms with E-state index >= 15 is 0 Å². The van der Waals surface area contributed by atoms with E-state index in [9.17, 15) is 4.79 Å². The van der Waals surface area contributed by atoms with Gasteiger partial charge in [0.1, 0.15) is 5.60 Å². The zero-order chi connectivity index (χ0) is 11.5. The van der Waals surface area contributed by atoms with Crippen molar-refractivity contribution in [1.82, 2.24) is 9.78 Å². The van der Waals surface area contributed by atoms with Crippen LogP contribution in [-0.4, -0.2) is 28.1 Å². The van der Waals surface area contributed by atoms with E-state index in [1.165, 1.54) is 6.20 Å². The predicted octanol–water partition coefficient (Wildman–Crippen LogP) is 2.06. The van der Waals surface area contributed by atoms with Gasteiger partial charge in [0, 0.05) is 12.3 Å². The van der Waals surface area contributed by atoms with E-state index in [4.69, 9.17) is 9.47 Å². The standard InChI is InChI=1S/C10H16N2O3/c1-5-14-8-6-7-12(11-8)9(13)15-10(2,3)4/h6-7H,5H2,1-4H3. The SMILES string of the molecule is CCOc1ccn(C(=O)OC(C)(C)C)n1. The monoisotopic (exact) mass is 212 g/mol. The van der Waals surface area contributed by atoms with Crippen molar-refractivity contribution in [2.24, 2.45) is 0 Å². The lowest BCUT2D eigenvalue weighted by atomic mass is 10.2. The highest BCUT2D eigenvalue weighted by atomic mass is 16.6. The molecule has 0 bridgehead atoms. The first-order valence-electron chi connectivity index (χ1n) is 4.84. The predicted molar refractivity (Wildman–Crippen MR) is 55.0 cm³/mol. The number of ether oxygens (including phenoxy) is 2. The molecule has 0 N–H and O–H groups in total. The molecule has 0 aliphatic carbocycles. The third-order valence-electron chi connectivity index (χ3n) is 1.44. The third kappa shape index (κ3) is 3.61. The Balaban J connectivity index is 2.66. The van der Waals surface area contributed by atoms with Crippen molar-refractivity contribution in [3.8, 4) is 5.88 Å². The van der Waals surface area contributed by atoms with Gasteiger partial charge in [-0.1, -0.05) is 0 Å². The minimum absolute atomic E-state index is 0.420. The summed E-state index contributed by atoms with van der Waals surface area (Å²) in [6.07, 6.45) is 1.01. The number of aromatic nitrogens is 2. The number of rotatable bonds is 2. The average Bonchev–Trinajstić information content (AvgIpc) is 2.50. The molecule has 1 heterocycles. The Bertz CT molecular complexity index is 339. The summed E-state index contributed by atoms with van der Waals surface area (Å²) in [6, 6.07) is 1.62. The molecule has 0 fully saturated rings. The Kier molecular flexibility index (Phi) is 3.34. The average molecular weight is 212 g/mol. The fourth-order valence-electron chi connectivity index (χ4n) is 0.942. The minimum Gasteiger partial charge on any atom is -0.477 e. The van der Waals surface area contributed by atoms with Gasteiger partial charge < -0.3 is 9.47 Å². The zero-order valence-corrected chi connectivity index (χ0v) is 9.48. The van der Waals surface area contributed by atoms with Gasteiger partial charge in [-0.05, 0) is 27.7 Å². The molecule has 0 amide bonds. The lowest BCUT2D eigenvalue weighted by Crippen LogP contribution is -2.27. The van der Waals surface area contributed by atoms with Crippen molar-refractivity contribution in [1.29, 1.82) is 0 Å². The van der Waals surface area contributed by atoms with Crippen molar-refractivity contribution >= 4 is 6.09 Å². The lowest BCUT2D eigenvalue weighted by molar-refractivity contribution is 0.0512. The van der Waals surface area contributed by atoms with Gasteiger partial charge in [-0.2, -0.15) is 4.68 Å². The van der Waals surface area contributed by atoms with Crippen molar-refractivity contribution in [2.75, 3.05) is 6.61 Å². The van der Waals surface area contributed by atoms with Crippen LogP contribution in [-0.2, 0) is 4.74 Å². The summed E-state index contributed by atoms with van der Waals surface area (Å²) in [6.45, 7) is 7.78. The highest BCUT2D eigenvalue weighted by molar-refractivity contribution is 5.69. The molecule has 0 aliphatic rings. The van der Waals surface area contributed by atoms with Gasteiger partial charge in [-0.15, -0.1) is 5.10 Å². The summed E-state index contributed by atoms with van der Waals surface area (Å²) in [5, 5.41) is 3.90. The van der Waals surface area contributed by atoms with E-state index in [0.29, 0.717) is 12.5 Å². The van der Waals surface area contributed by atoms with Crippen molar-refractivity contribution < 1.29 is 14.3 Å². The Hall–Kier alpha value is -1.52. The number of carbonyl (C=O) groups is 1. The van der Waals surface area contributed by atoms with Crippen LogP contribution in [0.2, 0.25) is 0 Å². The van der Waals surface area contributed by atoms with Crippen LogP contribution in [0.4, 0.5) is 4.79 Å². The molecule has 1 aromatic rings. The van der Waals surface area contributed by atoms with Crippen LogP contribution in [0.1, 0.15) is 27.7 Å². The second-order valence-electron chi connectivity index (χ2n) is 4.01. The first-order chi connectivity index (χ1) is 6.92. The molecule has 0 aliphatic heterocycles. The molecule has 0 saturated heterocycles. The van der Waals surface area contributed by atoms with Crippen molar-refractivity contribution in [3.05, 3.63) is 12.3 Å². The molecular weight excluding hydrogens is 196 g/mol. The smallest absolute Gasteiger partial charge is 0.435 e. The molecule has 15 heavy (non-hydrogen) atoms. The Morgan fingerprint density at radius 2 is 2.20 bits per heavy atom. The van der Waals surface area contributed by atoms with Crippen molar-refractivity contribution in [3.63, 3.8) is 0 Å². The normalized spacial score (nSPS) is 11.2. The van der Waals surface area contributed by atoms with Crippen LogP contribution in [0.3, 0.4) is 0 Å². The topological polar surface area (TPSA) is 53.4 Å². The largest absolute Gasteiger partial charge is 0.477 e. The summed E-state index contributed by atoms with van der Waals surface area (Å²) in [7, 11) is 0. The molecule has 0 spiro atoms. The summed E-state index contributed by atoms with van der Waals surface area (Å²) in [5.41, 5.74) is -0.519. The van der Waals surface area contributed by atoms with Crippen molar-refractivity contribution in [2.45, 2.75) is 33.3 Å². The van der Waals surface area contributed by atoms with Gasteiger partial charge in [0.15, 0.2) is 0 Å². The maximum atomic E-state index is 11.5. The maximum absolute atomic E-state index is 11.5. The van der Waals surface area contributed by atoms with Crippen LogP contribution in [0.5, 0.6) is 5.88 Å². The summed E-state index contributed by atoms with van der Waals surface area (Å²) >= 11 is 0. The zero-order valence-electron chi connectivity index (χ0n) is 9.48. The molecular formula is C10H16N2O3. The van der Waals surface area contributed by atoms with Gasteiger partial charge in [-0.25, -0.2) is 4.79 Å². The van der Waals surface area contributed by atoms with E-state index in [0.717, 1.165) is 4.68 Å². The maximum Gasteiger partial charge on any atom is 0.435 e. The molecule has 5 heteroatoms. The van der Waals surface area contributed by atoms with Gasteiger partial charge in [0.05, 0.1) is 6.61 Å².